The Labute approximate surface area is 197 Å². The largest absolute Gasteiger partial charge is 0.480 e. The van der Waals surface area contributed by atoms with Crippen molar-refractivity contribution in [1.29, 1.82) is 0 Å². The lowest BCUT2D eigenvalue weighted by molar-refractivity contribution is -0.144. The van der Waals surface area contributed by atoms with Crippen molar-refractivity contribution in [2.45, 2.75) is 58.0 Å². The highest BCUT2D eigenvalue weighted by Crippen LogP contribution is 2.13. The molecule has 33 heavy (non-hydrogen) atoms. The molecule has 0 aliphatic carbocycles. The standard InChI is InChI=1S/C23H43N5O5/c1-23(2,3)24-20(29)7-6-19(22(32)33)28-11-5-9-25-12-13-26(16-17-28)8-4-10-27(15-14-25)18-21(30)31/h19H,4-18H2,1-3H3,(H,24,29)(H,30,31)(H,32,33). The van der Waals surface area contributed by atoms with Gasteiger partial charge in [0.2, 0.25) is 5.91 Å². The molecule has 1 amide bonds. The predicted octanol–water partition coefficient (Wildman–Crippen LogP) is 0.235. The second kappa shape index (κ2) is 13.2. The Kier molecular flexibility index (Phi) is 11.0. The highest BCUT2D eigenvalue weighted by atomic mass is 16.4. The number of nitrogens with one attached hydrogen (secondary N) is 1. The average Bonchev–Trinajstić information content (AvgIpc) is 2.70. The van der Waals surface area contributed by atoms with E-state index in [0.29, 0.717) is 19.5 Å². The van der Waals surface area contributed by atoms with Crippen LogP contribution in [0.2, 0.25) is 0 Å². The third-order valence-electron chi connectivity index (χ3n) is 6.28. The molecule has 2 bridgehead atoms. The number of carboxylic acid groups (broad SMARTS) is 2. The molecule has 2 saturated heterocycles. The van der Waals surface area contributed by atoms with Gasteiger partial charge in [0.05, 0.1) is 6.54 Å². The average molecular weight is 470 g/mol. The fourth-order valence-electron chi connectivity index (χ4n) is 4.62. The van der Waals surface area contributed by atoms with Gasteiger partial charge in [-0.1, -0.05) is 0 Å². The van der Waals surface area contributed by atoms with Crippen molar-refractivity contribution in [3.63, 3.8) is 0 Å². The summed E-state index contributed by atoms with van der Waals surface area (Å²) >= 11 is 0. The molecule has 0 radical (unpaired) electrons. The molecule has 2 rings (SSSR count). The van der Waals surface area contributed by atoms with Crippen LogP contribution in [-0.2, 0) is 14.4 Å². The lowest BCUT2D eigenvalue weighted by Gasteiger charge is -2.37. The molecule has 0 aromatic carbocycles. The second-order valence-corrected chi connectivity index (χ2v) is 10.3. The number of nitrogens with zero attached hydrogens (tertiary/aromatic N) is 4. The predicted molar refractivity (Wildman–Crippen MR) is 126 cm³/mol. The normalized spacial score (nSPS) is 25.2. The van der Waals surface area contributed by atoms with E-state index in [1.165, 1.54) is 0 Å². The lowest BCUT2D eigenvalue weighted by atomic mass is 10.1. The smallest absolute Gasteiger partial charge is 0.320 e. The molecule has 2 aliphatic rings. The minimum Gasteiger partial charge on any atom is -0.480 e. The van der Waals surface area contributed by atoms with E-state index in [1.807, 2.05) is 30.6 Å². The quantitative estimate of drug-likeness (QED) is 0.482. The minimum atomic E-state index is -0.871. The first-order valence-electron chi connectivity index (χ1n) is 12.2. The SMILES string of the molecule is CC(C)(C)NC(=O)CCC(C(=O)O)N1CCCN2CCN(CCCN(CC(=O)O)CC2)CC1. The topological polar surface area (TPSA) is 117 Å². The van der Waals surface area contributed by atoms with E-state index in [2.05, 4.69) is 15.1 Å². The van der Waals surface area contributed by atoms with Crippen LogP contribution in [0.25, 0.3) is 0 Å². The van der Waals surface area contributed by atoms with Crippen molar-refractivity contribution in [2.75, 3.05) is 72.0 Å². The van der Waals surface area contributed by atoms with Crippen molar-refractivity contribution in [3.05, 3.63) is 0 Å². The maximum Gasteiger partial charge on any atom is 0.320 e. The van der Waals surface area contributed by atoms with Crippen LogP contribution in [0.5, 0.6) is 0 Å². The van der Waals surface area contributed by atoms with Gasteiger partial charge < -0.3 is 25.3 Å². The molecule has 0 aromatic heterocycles. The monoisotopic (exact) mass is 469 g/mol. The Hall–Kier alpha value is -1.75. The number of carbonyl (C=O) groups excluding carboxylic acids is 1. The fourth-order valence-corrected chi connectivity index (χ4v) is 4.62. The van der Waals surface area contributed by atoms with Gasteiger partial charge in [-0.25, -0.2) is 0 Å². The number of hydrogen-bond donors (Lipinski definition) is 3. The molecule has 0 spiro atoms. The zero-order valence-corrected chi connectivity index (χ0v) is 20.6. The maximum atomic E-state index is 12.3. The summed E-state index contributed by atoms with van der Waals surface area (Å²) in [4.78, 5) is 44.3. The summed E-state index contributed by atoms with van der Waals surface area (Å²) in [5, 5.41) is 22.0. The summed E-state index contributed by atoms with van der Waals surface area (Å²) in [6.07, 6.45) is 2.23. The van der Waals surface area contributed by atoms with Gasteiger partial charge >= 0.3 is 11.9 Å². The Balaban J connectivity index is 2.01. The molecular weight excluding hydrogens is 426 g/mol. The maximum absolute atomic E-state index is 12.3. The molecule has 190 valence electrons. The van der Waals surface area contributed by atoms with Crippen LogP contribution in [0.3, 0.4) is 0 Å². The van der Waals surface area contributed by atoms with Gasteiger partial charge in [-0.05, 0) is 53.1 Å². The molecule has 3 unspecified atom stereocenters. The summed E-state index contributed by atoms with van der Waals surface area (Å²) in [6.45, 7) is 13.8. The number of hydrogen-bond acceptors (Lipinski definition) is 7. The number of amides is 1. The van der Waals surface area contributed by atoms with E-state index in [0.717, 1.165) is 65.2 Å². The summed E-state index contributed by atoms with van der Waals surface area (Å²) < 4.78 is 0. The molecular formula is C23H43N5O5. The summed E-state index contributed by atoms with van der Waals surface area (Å²) in [7, 11) is 0. The summed E-state index contributed by atoms with van der Waals surface area (Å²) in [5.74, 6) is -1.77. The zero-order valence-electron chi connectivity index (χ0n) is 20.6. The van der Waals surface area contributed by atoms with Crippen LogP contribution in [0.1, 0.15) is 46.5 Å². The number of fused-ring (bicyclic) bond motifs is 3. The van der Waals surface area contributed by atoms with Crippen LogP contribution in [0, 0.1) is 0 Å². The van der Waals surface area contributed by atoms with E-state index in [9.17, 15) is 24.6 Å². The summed E-state index contributed by atoms with van der Waals surface area (Å²) in [5.41, 5.74) is -0.332. The van der Waals surface area contributed by atoms with Gasteiger partial charge in [0.1, 0.15) is 6.04 Å². The van der Waals surface area contributed by atoms with Crippen LogP contribution in [0.4, 0.5) is 0 Å². The molecule has 3 N–H and O–H groups in total. The van der Waals surface area contributed by atoms with Gasteiger partial charge in [-0.2, -0.15) is 0 Å². The number of aliphatic carboxylic acids is 2. The van der Waals surface area contributed by atoms with Gasteiger partial charge in [0.25, 0.3) is 0 Å². The van der Waals surface area contributed by atoms with Gasteiger partial charge in [0, 0.05) is 64.3 Å². The van der Waals surface area contributed by atoms with Crippen molar-refractivity contribution in [2.24, 2.45) is 0 Å². The van der Waals surface area contributed by atoms with Crippen molar-refractivity contribution in [1.82, 2.24) is 24.9 Å². The summed E-state index contributed by atoms with van der Waals surface area (Å²) in [6, 6.07) is -0.676. The highest BCUT2D eigenvalue weighted by molar-refractivity contribution is 5.79. The first kappa shape index (κ1) is 27.5. The lowest BCUT2D eigenvalue weighted by Crippen LogP contribution is -2.50. The van der Waals surface area contributed by atoms with Crippen molar-refractivity contribution < 1.29 is 24.6 Å². The van der Waals surface area contributed by atoms with Crippen LogP contribution < -0.4 is 5.32 Å². The second-order valence-electron chi connectivity index (χ2n) is 10.3. The number of carboxylic acids is 2. The van der Waals surface area contributed by atoms with Crippen LogP contribution in [0.15, 0.2) is 0 Å². The van der Waals surface area contributed by atoms with E-state index in [-0.39, 0.29) is 24.4 Å². The first-order chi connectivity index (χ1) is 15.5. The van der Waals surface area contributed by atoms with Crippen LogP contribution >= 0.6 is 0 Å². The molecule has 10 nitrogen and oxygen atoms in total. The van der Waals surface area contributed by atoms with Crippen molar-refractivity contribution in [3.8, 4) is 0 Å². The molecule has 10 heteroatoms. The number of carbonyl (C=O) groups is 3. The first-order valence-corrected chi connectivity index (χ1v) is 12.2. The van der Waals surface area contributed by atoms with E-state index in [4.69, 9.17) is 0 Å². The van der Waals surface area contributed by atoms with Gasteiger partial charge in [-0.15, -0.1) is 0 Å². The third-order valence-corrected chi connectivity index (χ3v) is 6.28. The Bertz CT molecular complexity index is 654. The van der Waals surface area contributed by atoms with Crippen molar-refractivity contribution >= 4 is 17.8 Å². The molecule has 2 aliphatic heterocycles. The molecule has 2 fully saturated rings. The molecule has 3 atom stereocenters. The number of rotatable bonds is 7. The third kappa shape index (κ3) is 10.8. The zero-order chi connectivity index (χ0) is 24.4. The minimum absolute atomic E-state index is 0.0741. The highest BCUT2D eigenvalue weighted by Gasteiger charge is 2.28. The molecule has 2 heterocycles. The van der Waals surface area contributed by atoms with Gasteiger partial charge in [-0.3, -0.25) is 24.2 Å². The molecule has 0 saturated carbocycles. The Morgan fingerprint density at radius 2 is 1.39 bits per heavy atom. The molecule has 0 aromatic rings. The fraction of sp³-hybridized carbons (Fsp3) is 0.870. The Morgan fingerprint density at radius 3 is 1.97 bits per heavy atom. The van der Waals surface area contributed by atoms with E-state index in [1.54, 1.807) is 0 Å². The van der Waals surface area contributed by atoms with E-state index >= 15 is 0 Å². The van der Waals surface area contributed by atoms with Crippen LogP contribution in [-0.4, -0.2) is 131 Å². The van der Waals surface area contributed by atoms with E-state index < -0.39 is 18.0 Å². The van der Waals surface area contributed by atoms with Gasteiger partial charge in [0.15, 0.2) is 0 Å². The Morgan fingerprint density at radius 1 is 0.818 bits per heavy atom.